The molecule has 9 nitrogen and oxygen atoms in total. The van der Waals surface area contributed by atoms with E-state index in [9.17, 15) is 15.8 Å². The van der Waals surface area contributed by atoms with Crippen LogP contribution in [-0.2, 0) is 15.3 Å². The van der Waals surface area contributed by atoms with Gasteiger partial charge < -0.3 is 23.7 Å². The molecule has 2 aromatic carbocycles. The van der Waals surface area contributed by atoms with Crippen LogP contribution in [0, 0.1) is 56.2 Å². The predicted molar refractivity (Wildman–Crippen MR) is 122 cm³/mol. The molecule has 0 amide bonds. The zero-order chi connectivity index (χ0) is 25.4. The van der Waals surface area contributed by atoms with Gasteiger partial charge >= 0.3 is 0 Å². The largest absolute Gasteiger partial charge is 0.493 e. The summed E-state index contributed by atoms with van der Waals surface area (Å²) in [7, 11) is 4.35. The van der Waals surface area contributed by atoms with Crippen molar-refractivity contribution in [3.05, 3.63) is 53.6 Å². The summed E-state index contributed by atoms with van der Waals surface area (Å²) in [5.41, 5.74) is -3.09. The summed E-state index contributed by atoms with van der Waals surface area (Å²) in [6, 6.07) is 18.4. The molecule has 35 heavy (non-hydrogen) atoms. The first-order valence-electron chi connectivity index (χ1n) is 10.9. The molecular weight excluding hydrogens is 448 g/mol. The van der Waals surface area contributed by atoms with Gasteiger partial charge in [0.1, 0.15) is 6.10 Å². The first-order valence-corrected chi connectivity index (χ1v) is 10.9. The summed E-state index contributed by atoms with van der Waals surface area (Å²) in [5, 5.41) is 40.3. The first kappa shape index (κ1) is 23.9. The molecule has 2 bridgehead atoms. The van der Waals surface area contributed by atoms with Gasteiger partial charge in [0, 0.05) is 5.56 Å². The Labute approximate surface area is 203 Å². The number of ether oxygens (including phenoxy) is 5. The number of hydrogen-bond acceptors (Lipinski definition) is 9. The molecule has 0 spiro atoms. The van der Waals surface area contributed by atoms with Crippen molar-refractivity contribution in [2.75, 3.05) is 21.3 Å². The van der Waals surface area contributed by atoms with Gasteiger partial charge in [0.2, 0.25) is 22.8 Å². The fourth-order valence-corrected chi connectivity index (χ4v) is 5.46. The number of nitrogens with zero attached hydrogens (tertiary/aromatic N) is 3. The minimum atomic E-state index is -2.11. The molecule has 0 saturated carbocycles. The fraction of sp³-hybridized carbons (Fsp3) is 0.385. The lowest BCUT2D eigenvalue weighted by Gasteiger charge is -2.49. The third kappa shape index (κ3) is 2.84. The Morgan fingerprint density at radius 2 is 1.54 bits per heavy atom. The quantitative estimate of drug-likeness (QED) is 0.659. The maximum atomic E-state index is 10.5. The fourth-order valence-electron chi connectivity index (χ4n) is 5.46. The number of benzene rings is 2. The molecule has 0 aliphatic carbocycles. The van der Waals surface area contributed by atoms with E-state index in [1.807, 2.05) is 13.0 Å². The maximum absolute atomic E-state index is 10.5. The van der Waals surface area contributed by atoms with Gasteiger partial charge in [-0.1, -0.05) is 37.3 Å². The van der Waals surface area contributed by atoms with Crippen LogP contribution in [0.5, 0.6) is 17.2 Å². The number of fused-ring (bicyclic) bond motifs is 2. The summed E-state index contributed by atoms with van der Waals surface area (Å²) in [5.74, 6) is -1.93. The number of hydrogen-bond donors (Lipinski definition) is 1. The Morgan fingerprint density at radius 3 is 2.00 bits per heavy atom. The lowest BCUT2D eigenvalue weighted by atomic mass is 9.52. The van der Waals surface area contributed by atoms with E-state index in [1.54, 1.807) is 36.4 Å². The summed E-state index contributed by atoms with van der Waals surface area (Å²) in [6.07, 6.45) is -0.977. The highest BCUT2D eigenvalue weighted by atomic mass is 16.7. The van der Waals surface area contributed by atoms with Crippen molar-refractivity contribution >= 4 is 5.90 Å². The van der Waals surface area contributed by atoms with Gasteiger partial charge in [-0.3, -0.25) is 5.41 Å². The van der Waals surface area contributed by atoms with E-state index in [-0.39, 0.29) is 11.5 Å². The zero-order valence-corrected chi connectivity index (χ0v) is 19.8. The molecule has 9 heteroatoms. The molecule has 2 aromatic rings. The smallest absolute Gasteiger partial charge is 0.244 e. The van der Waals surface area contributed by atoms with E-state index in [1.165, 1.54) is 21.3 Å². The van der Waals surface area contributed by atoms with Crippen molar-refractivity contribution in [1.82, 2.24) is 0 Å². The second-order valence-corrected chi connectivity index (χ2v) is 8.33. The van der Waals surface area contributed by atoms with E-state index in [0.29, 0.717) is 23.3 Å². The van der Waals surface area contributed by atoms with Crippen LogP contribution in [0.3, 0.4) is 0 Å². The lowest BCUT2D eigenvalue weighted by molar-refractivity contribution is -0.292. The van der Waals surface area contributed by atoms with Gasteiger partial charge in [-0.2, -0.15) is 15.8 Å². The van der Waals surface area contributed by atoms with Gasteiger partial charge in [-0.25, -0.2) is 0 Å². The molecule has 1 N–H and O–H groups in total. The highest BCUT2D eigenvalue weighted by Gasteiger charge is 2.80. The van der Waals surface area contributed by atoms with Crippen LogP contribution in [0.15, 0.2) is 42.5 Å². The Kier molecular flexibility index (Phi) is 5.80. The molecule has 2 saturated heterocycles. The van der Waals surface area contributed by atoms with Crippen molar-refractivity contribution in [3.8, 4) is 35.5 Å². The van der Waals surface area contributed by atoms with E-state index < -0.39 is 34.5 Å². The van der Waals surface area contributed by atoms with Gasteiger partial charge in [0.25, 0.3) is 0 Å². The molecule has 4 rings (SSSR count). The Balaban J connectivity index is 2.08. The highest BCUT2D eigenvalue weighted by molar-refractivity contribution is 5.89. The van der Waals surface area contributed by atoms with Crippen LogP contribution in [0.1, 0.15) is 30.6 Å². The Bertz CT molecular complexity index is 1250. The number of rotatable bonds is 6. The standard InChI is InChI=1S/C26H24N4O5/c1-5-20-25(15-29)23(30)35-26(20,17-9-7-6-8-10-17)34-22(24(25,13-27)14-28)16-11-18(31-2)21(33-4)19(12-16)32-3/h6-12,20,22,30H,5H2,1-4H3. The molecule has 2 aliphatic rings. The summed E-state index contributed by atoms with van der Waals surface area (Å²) in [4.78, 5) is 0. The normalized spacial score (nSPS) is 28.1. The van der Waals surface area contributed by atoms with Gasteiger partial charge in [0.05, 0.1) is 45.5 Å². The number of methoxy groups -OCH3 is 3. The topological polar surface area (TPSA) is 141 Å². The van der Waals surface area contributed by atoms with Crippen LogP contribution in [0.2, 0.25) is 0 Å². The Morgan fingerprint density at radius 1 is 0.943 bits per heavy atom. The second kappa shape index (κ2) is 8.51. The van der Waals surface area contributed by atoms with E-state index in [0.717, 1.165) is 0 Å². The molecule has 178 valence electrons. The maximum Gasteiger partial charge on any atom is 0.244 e. The Hall–Kier alpha value is -4.26. The summed E-state index contributed by atoms with van der Waals surface area (Å²) >= 11 is 0. The van der Waals surface area contributed by atoms with Gasteiger partial charge in [0.15, 0.2) is 16.9 Å². The SMILES string of the molecule is CCC1C2(c3ccccc3)OC(=N)C1(C#N)C(C#N)(C#N)C(c1cc(OC)c(OC)c(OC)c1)O2. The minimum Gasteiger partial charge on any atom is -0.493 e. The number of nitrogens with one attached hydrogen (secondary N) is 1. The molecular formula is C26H24N4O5. The van der Waals surface area contributed by atoms with Crippen LogP contribution in [0.25, 0.3) is 0 Å². The van der Waals surface area contributed by atoms with Gasteiger partial charge in [-0.05, 0) is 24.1 Å². The van der Waals surface area contributed by atoms with Crippen molar-refractivity contribution in [3.63, 3.8) is 0 Å². The van der Waals surface area contributed by atoms with E-state index in [2.05, 4.69) is 18.2 Å². The average Bonchev–Trinajstić information content (AvgIpc) is 3.11. The second-order valence-electron chi connectivity index (χ2n) is 8.33. The van der Waals surface area contributed by atoms with Crippen molar-refractivity contribution in [1.29, 1.82) is 21.2 Å². The van der Waals surface area contributed by atoms with E-state index in [4.69, 9.17) is 29.1 Å². The van der Waals surface area contributed by atoms with Crippen LogP contribution in [0.4, 0.5) is 0 Å². The van der Waals surface area contributed by atoms with Crippen molar-refractivity contribution in [2.45, 2.75) is 25.2 Å². The van der Waals surface area contributed by atoms with E-state index >= 15 is 0 Å². The number of nitriles is 3. The third-order valence-corrected chi connectivity index (χ3v) is 7.00. The monoisotopic (exact) mass is 472 g/mol. The predicted octanol–water partition coefficient (Wildman–Crippen LogP) is 4.21. The first-order chi connectivity index (χ1) is 16.9. The molecule has 2 fully saturated rings. The zero-order valence-electron chi connectivity index (χ0n) is 19.8. The third-order valence-electron chi connectivity index (χ3n) is 7.00. The minimum absolute atomic E-state index is 0.288. The molecule has 0 radical (unpaired) electrons. The molecule has 4 unspecified atom stereocenters. The van der Waals surface area contributed by atoms with Crippen molar-refractivity contribution in [2.24, 2.45) is 16.7 Å². The van der Waals surface area contributed by atoms with Crippen LogP contribution >= 0.6 is 0 Å². The molecule has 2 heterocycles. The van der Waals surface area contributed by atoms with Crippen LogP contribution < -0.4 is 14.2 Å². The molecule has 4 atom stereocenters. The molecule has 2 aliphatic heterocycles. The average molecular weight is 473 g/mol. The summed E-state index contributed by atoms with van der Waals surface area (Å²) in [6.45, 7) is 1.82. The highest BCUT2D eigenvalue weighted by Crippen LogP contribution is 2.70. The van der Waals surface area contributed by atoms with Crippen LogP contribution in [-0.4, -0.2) is 27.2 Å². The lowest BCUT2D eigenvalue weighted by Crippen LogP contribution is -2.58. The molecule has 0 aromatic heterocycles. The van der Waals surface area contributed by atoms with Crippen molar-refractivity contribution < 1.29 is 23.7 Å². The summed E-state index contributed by atoms with van der Waals surface area (Å²) < 4.78 is 29.0. The van der Waals surface area contributed by atoms with Gasteiger partial charge in [-0.15, -0.1) is 0 Å².